The lowest BCUT2D eigenvalue weighted by Gasteiger charge is -2.18. The SMILES string of the molecule is CC(C)(C)c1ccc2oc(-c3cc(F)ccc3N)nc2c1. The van der Waals surface area contributed by atoms with E-state index in [1.165, 1.54) is 23.8 Å². The van der Waals surface area contributed by atoms with E-state index in [1.807, 2.05) is 18.2 Å². The first-order valence-electron chi connectivity index (χ1n) is 6.81. The van der Waals surface area contributed by atoms with Crippen LogP contribution in [-0.4, -0.2) is 4.98 Å². The molecular weight excluding hydrogens is 267 g/mol. The summed E-state index contributed by atoms with van der Waals surface area (Å²) in [7, 11) is 0. The van der Waals surface area contributed by atoms with E-state index >= 15 is 0 Å². The molecule has 2 N–H and O–H groups in total. The van der Waals surface area contributed by atoms with Crippen LogP contribution in [0.4, 0.5) is 10.1 Å². The highest BCUT2D eigenvalue weighted by Gasteiger charge is 2.17. The highest BCUT2D eigenvalue weighted by molar-refractivity contribution is 5.80. The third kappa shape index (κ3) is 2.49. The van der Waals surface area contributed by atoms with Crippen LogP contribution in [0.2, 0.25) is 0 Å². The molecule has 0 saturated carbocycles. The van der Waals surface area contributed by atoms with E-state index in [0.29, 0.717) is 22.7 Å². The number of rotatable bonds is 1. The van der Waals surface area contributed by atoms with Crippen molar-refractivity contribution in [3.05, 3.63) is 47.8 Å². The van der Waals surface area contributed by atoms with Crippen molar-refractivity contribution < 1.29 is 8.81 Å². The van der Waals surface area contributed by atoms with E-state index in [0.717, 1.165) is 5.52 Å². The Hall–Kier alpha value is -2.36. The third-order valence-electron chi connectivity index (χ3n) is 3.50. The molecule has 0 spiro atoms. The number of anilines is 1. The van der Waals surface area contributed by atoms with Crippen molar-refractivity contribution in [2.75, 3.05) is 5.73 Å². The van der Waals surface area contributed by atoms with Crippen LogP contribution in [0.25, 0.3) is 22.6 Å². The van der Waals surface area contributed by atoms with E-state index in [9.17, 15) is 4.39 Å². The quantitative estimate of drug-likeness (QED) is 0.669. The second-order valence-corrected chi connectivity index (χ2v) is 6.18. The van der Waals surface area contributed by atoms with Gasteiger partial charge < -0.3 is 10.2 Å². The van der Waals surface area contributed by atoms with Crippen molar-refractivity contribution in [2.24, 2.45) is 0 Å². The fourth-order valence-electron chi connectivity index (χ4n) is 2.22. The topological polar surface area (TPSA) is 52.0 Å². The largest absolute Gasteiger partial charge is 0.436 e. The Bertz CT molecular complexity index is 815. The monoisotopic (exact) mass is 284 g/mol. The van der Waals surface area contributed by atoms with Crippen molar-refractivity contribution in [1.29, 1.82) is 0 Å². The Morgan fingerprint density at radius 1 is 1.10 bits per heavy atom. The molecule has 21 heavy (non-hydrogen) atoms. The van der Waals surface area contributed by atoms with Crippen LogP contribution in [0.5, 0.6) is 0 Å². The number of aromatic nitrogens is 1. The lowest BCUT2D eigenvalue weighted by atomic mass is 9.87. The van der Waals surface area contributed by atoms with Crippen LogP contribution in [0.1, 0.15) is 26.3 Å². The molecule has 0 aliphatic carbocycles. The summed E-state index contributed by atoms with van der Waals surface area (Å²) in [5.74, 6) is -0.0232. The molecule has 0 fully saturated rings. The van der Waals surface area contributed by atoms with Gasteiger partial charge in [0.2, 0.25) is 5.89 Å². The molecule has 0 amide bonds. The lowest BCUT2D eigenvalue weighted by molar-refractivity contribution is 0.589. The standard InChI is InChI=1S/C17H17FN2O/c1-17(2,3)10-4-7-15-14(8-10)20-16(21-15)12-9-11(18)5-6-13(12)19/h4-9H,19H2,1-3H3. The molecule has 0 bridgehead atoms. The molecule has 4 heteroatoms. The predicted molar refractivity (Wildman–Crippen MR) is 82.5 cm³/mol. The Morgan fingerprint density at radius 3 is 2.57 bits per heavy atom. The number of nitrogen functional groups attached to an aromatic ring is 1. The summed E-state index contributed by atoms with van der Waals surface area (Å²) in [6.45, 7) is 6.42. The van der Waals surface area contributed by atoms with Crippen LogP contribution in [0.3, 0.4) is 0 Å². The van der Waals surface area contributed by atoms with E-state index in [1.54, 1.807) is 0 Å². The molecule has 108 valence electrons. The number of hydrogen-bond donors (Lipinski definition) is 1. The first kappa shape index (κ1) is 13.6. The summed E-state index contributed by atoms with van der Waals surface area (Å²) < 4.78 is 19.1. The summed E-state index contributed by atoms with van der Waals surface area (Å²) in [5, 5.41) is 0. The minimum atomic E-state index is -0.364. The van der Waals surface area contributed by atoms with Crippen LogP contribution in [-0.2, 0) is 5.41 Å². The number of nitrogens with two attached hydrogens (primary N) is 1. The highest BCUT2D eigenvalue weighted by Crippen LogP contribution is 2.31. The Morgan fingerprint density at radius 2 is 1.86 bits per heavy atom. The molecule has 0 saturated heterocycles. The maximum Gasteiger partial charge on any atom is 0.229 e. The number of oxazole rings is 1. The molecule has 3 rings (SSSR count). The van der Waals surface area contributed by atoms with Crippen LogP contribution in [0.15, 0.2) is 40.8 Å². The van der Waals surface area contributed by atoms with Crippen molar-refractivity contribution in [2.45, 2.75) is 26.2 Å². The van der Waals surface area contributed by atoms with E-state index in [2.05, 4.69) is 25.8 Å². The van der Waals surface area contributed by atoms with E-state index in [4.69, 9.17) is 10.2 Å². The zero-order chi connectivity index (χ0) is 15.2. The molecule has 3 nitrogen and oxygen atoms in total. The van der Waals surface area contributed by atoms with Crippen molar-refractivity contribution >= 4 is 16.8 Å². The number of halogens is 1. The Kier molecular flexibility index (Phi) is 2.97. The van der Waals surface area contributed by atoms with Gasteiger partial charge in [-0.25, -0.2) is 9.37 Å². The number of fused-ring (bicyclic) bond motifs is 1. The second-order valence-electron chi connectivity index (χ2n) is 6.18. The maximum absolute atomic E-state index is 13.4. The minimum Gasteiger partial charge on any atom is -0.436 e. The van der Waals surface area contributed by atoms with Gasteiger partial charge in [-0.05, 0) is 41.3 Å². The molecule has 2 aromatic carbocycles. The van der Waals surface area contributed by atoms with Gasteiger partial charge in [-0.1, -0.05) is 26.8 Å². The van der Waals surface area contributed by atoms with Crippen LogP contribution >= 0.6 is 0 Å². The summed E-state index contributed by atoms with van der Waals surface area (Å²) in [4.78, 5) is 4.45. The van der Waals surface area contributed by atoms with Crippen molar-refractivity contribution in [1.82, 2.24) is 4.98 Å². The lowest BCUT2D eigenvalue weighted by Crippen LogP contribution is -2.10. The average molecular weight is 284 g/mol. The van der Waals surface area contributed by atoms with Gasteiger partial charge in [0.05, 0.1) is 5.56 Å². The third-order valence-corrected chi connectivity index (χ3v) is 3.50. The number of benzene rings is 2. The van der Waals surface area contributed by atoms with Crippen LogP contribution in [0, 0.1) is 5.82 Å². The minimum absolute atomic E-state index is 0.0329. The summed E-state index contributed by atoms with van der Waals surface area (Å²) >= 11 is 0. The number of nitrogens with zero attached hydrogens (tertiary/aromatic N) is 1. The van der Waals surface area contributed by atoms with Gasteiger partial charge in [0.25, 0.3) is 0 Å². The van der Waals surface area contributed by atoms with Gasteiger partial charge in [0.1, 0.15) is 11.3 Å². The summed E-state index contributed by atoms with van der Waals surface area (Å²) in [6, 6.07) is 10.1. The first-order valence-corrected chi connectivity index (χ1v) is 6.81. The normalized spacial score (nSPS) is 12.0. The second kappa shape index (κ2) is 4.58. The maximum atomic E-state index is 13.4. The molecule has 1 aromatic heterocycles. The molecule has 1 heterocycles. The summed E-state index contributed by atoms with van der Waals surface area (Å²) in [6.07, 6.45) is 0. The zero-order valence-corrected chi connectivity index (χ0v) is 12.3. The molecule has 0 radical (unpaired) electrons. The highest BCUT2D eigenvalue weighted by atomic mass is 19.1. The zero-order valence-electron chi connectivity index (χ0n) is 12.3. The van der Waals surface area contributed by atoms with E-state index in [-0.39, 0.29) is 11.2 Å². The van der Waals surface area contributed by atoms with Crippen LogP contribution < -0.4 is 5.73 Å². The van der Waals surface area contributed by atoms with Gasteiger partial charge in [0, 0.05) is 5.69 Å². The number of hydrogen-bond acceptors (Lipinski definition) is 3. The molecule has 0 aliphatic rings. The fourth-order valence-corrected chi connectivity index (χ4v) is 2.22. The van der Waals surface area contributed by atoms with Gasteiger partial charge in [-0.2, -0.15) is 0 Å². The smallest absolute Gasteiger partial charge is 0.229 e. The Labute approximate surface area is 122 Å². The molecule has 3 aromatic rings. The van der Waals surface area contributed by atoms with E-state index < -0.39 is 0 Å². The molecule has 0 unspecified atom stereocenters. The molecule has 0 atom stereocenters. The summed E-state index contributed by atoms with van der Waals surface area (Å²) in [5.41, 5.74) is 9.42. The molecule has 0 aliphatic heterocycles. The van der Waals surface area contributed by atoms with Gasteiger partial charge in [0.15, 0.2) is 5.58 Å². The first-order chi connectivity index (χ1) is 9.84. The predicted octanol–water partition coefficient (Wildman–Crippen LogP) is 4.51. The molecular formula is C17H17FN2O. The van der Waals surface area contributed by atoms with Gasteiger partial charge in [-0.3, -0.25) is 0 Å². The van der Waals surface area contributed by atoms with Gasteiger partial charge >= 0.3 is 0 Å². The average Bonchev–Trinajstić information content (AvgIpc) is 2.83. The van der Waals surface area contributed by atoms with Crippen molar-refractivity contribution in [3.8, 4) is 11.5 Å². The van der Waals surface area contributed by atoms with Crippen molar-refractivity contribution in [3.63, 3.8) is 0 Å². The Balaban J connectivity index is 2.15. The van der Waals surface area contributed by atoms with Gasteiger partial charge in [-0.15, -0.1) is 0 Å². The fraction of sp³-hybridized carbons (Fsp3) is 0.235.